The zero-order chi connectivity index (χ0) is 14.8. The number of carbonyl (C=O) groups is 1. The molecule has 1 saturated carbocycles. The Hall–Kier alpha value is -1.87. The van der Waals surface area contributed by atoms with E-state index in [0.29, 0.717) is 22.7 Å². The van der Waals surface area contributed by atoms with Crippen LogP contribution in [0.25, 0.3) is 0 Å². The van der Waals surface area contributed by atoms with Gasteiger partial charge in [0.25, 0.3) is 5.91 Å². The summed E-state index contributed by atoms with van der Waals surface area (Å²) in [5, 5.41) is 3.44. The Morgan fingerprint density at radius 2 is 1.95 bits per heavy atom. The molecule has 3 nitrogen and oxygen atoms in total. The molecule has 1 aliphatic carbocycles. The van der Waals surface area contributed by atoms with Gasteiger partial charge in [0, 0.05) is 0 Å². The second kappa shape index (κ2) is 5.86. The summed E-state index contributed by atoms with van der Waals surface area (Å²) >= 11 is 5.85. The zero-order valence-electron chi connectivity index (χ0n) is 11.8. The van der Waals surface area contributed by atoms with E-state index in [2.05, 4.69) is 29.4 Å². The summed E-state index contributed by atoms with van der Waals surface area (Å²) in [6, 6.07) is 15.2. The average Bonchev–Trinajstić information content (AvgIpc) is 3.22. The van der Waals surface area contributed by atoms with Gasteiger partial charge >= 0.3 is 0 Å². The minimum atomic E-state index is -0.176. The maximum atomic E-state index is 12.4. The van der Waals surface area contributed by atoms with E-state index in [1.165, 1.54) is 0 Å². The fourth-order valence-corrected chi connectivity index (χ4v) is 2.83. The average molecular weight is 301 g/mol. The molecule has 0 spiro atoms. The molecule has 21 heavy (non-hydrogen) atoms. The molecule has 0 radical (unpaired) electrons. The van der Waals surface area contributed by atoms with E-state index in [0.717, 1.165) is 12.0 Å². The van der Waals surface area contributed by atoms with E-state index in [9.17, 15) is 4.79 Å². The van der Waals surface area contributed by atoms with Gasteiger partial charge in [-0.1, -0.05) is 54.9 Å². The highest BCUT2D eigenvalue weighted by atomic mass is 35.5. The molecule has 108 valence electrons. The Morgan fingerprint density at radius 1 is 1.24 bits per heavy atom. The summed E-state index contributed by atoms with van der Waals surface area (Å²) in [4.78, 5) is 16.5. The van der Waals surface area contributed by atoms with Crippen LogP contribution in [-0.4, -0.2) is 10.9 Å². The van der Waals surface area contributed by atoms with E-state index in [1.807, 2.05) is 18.2 Å². The number of nitrogens with one attached hydrogen (secondary N) is 1. The molecule has 1 N–H and O–H groups in total. The molecular formula is C17H17ClN2O. The van der Waals surface area contributed by atoms with Crippen LogP contribution in [0.1, 0.15) is 35.4 Å². The summed E-state index contributed by atoms with van der Waals surface area (Å²) in [5.74, 6) is 0.962. The number of hydrogen-bond acceptors (Lipinski definition) is 2. The highest BCUT2D eigenvalue weighted by Crippen LogP contribution is 2.46. The number of benzene rings is 1. The van der Waals surface area contributed by atoms with Crippen molar-refractivity contribution in [1.82, 2.24) is 10.3 Å². The van der Waals surface area contributed by atoms with Crippen LogP contribution in [0.15, 0.2) is 48.5 Å². The third-order valence-electron chi connectivity index (χ3n) is 3.99. The Kier molecular flexibility index (Phi) is 3.93. The maximum absolute atomic E-state index is 12.4. The van der Waals surface area contributed by atoms with Gasteiger partial charge < -0.3 is 5.32 Å². The number of amides is 1. The summed E-state index contributed by atoms with van der Waals surface area (Å²) in [5.41, 5.74) is 1.50. The largest absolute Gasteiger partial charge is 0.344 e. The summed E-state index contributed by atoms with van der Waals surface area (Å²) in [7, 11) is 0. The molecule has 3 unspecified atom stereocenters. The lowest BCUT2D eigenvalue weighted by Gasteiger charge is -2.19. The SMILES string of the molecule is CC1CC1C(NC(=O)c1cccc(Cl)n1)c1ccccc1. The van der Waals surface area contributed by atoms with Crippen molar-refractivity contribution in [2.24, 2.45) is 11.8 Å². The van der Waals surface area contributed by atoms with E-state index >= 15 is 0 Å². The fraction of sp³-hybridized carbons (Fsp3) is 0.294. The van der Waals surface area contributed by atoms with E-state index in [1.54, 1.807) is 18.2 Å². The maximum Gasteiger partial charge on any atom is 0.270 e. The molecule has 1 heterocycles. The predicted octanol–water partition coefficient (Wildman–Crippen LogP) is 3.86. The second-order valence-electron chi connectivity index (χ2n) is 5.58. The molecule has 3 rings (SSSR count). The molecule has 1 fully saturated rings. The van der Waals surface area contributed by atoms with Crippen molar-refractivity contribution in [1.29, 1.82) is 0 Å². The number of halogens is 1. The summed E-state index contributed by atoms with van der Waals surface area (Å²) < 4.78 is 0. The molecule has 1 aromatic carbocycles. The molecule has 1 aliphatic rings. The topological polar surface area (TPSA) is 42.0 Å². The van der Waals surface area contributed by atoms with Gasteiger partial charge in [0.05, 0.1) is 6.04 Å². The van der Waals surface area contributed by atoms with Gasteiger partial charge in [-0.25, -0.2) is 4.98 Å². The van der Waals surface area contributed by atoms with Gasteiger partial charge in [0.15, 0.2) is 0 Å². The van der Waals surface area contributed by atoms with Gasteiger partial charge in [-0.15, -0.1) is 0 Å². The molecule has 1 amide bonds. The molecule has 0 aliphatic heterocycles. The molecule has 4 heteroatoms. The van der Waals surface area contributed by atoms with Gasteiger partial charge in [0.1, 0.15) is 10.8 Å². The predicted molar refractivity (Wildman–Crippen MR) is 83.2 cm³/mol. The van der Waals surface area contributed by atoms with Gasteiger partial charge in [-0.05, 0) is 36.0 Å². The molecule has 1 aromatic heterocycles. The number of aromatic nitrogens is 1. The van der Waals surface area contributed by atoms with Crippen LogP contribution in [-0.2, 0) is 0 Å². The van der Waals surface area contributed by atoms with Crippen molar-refractivity contribution < 1.29 is 4.79 Å². The summed E-state index contributed by atoms with van der Waals surface area (Å²) in [6.07, 6.45) is 1.14. The Morgan fingerprint density at radius 3 is 2.57 bits per heavy atom. The van der Waals surface area contributed by atoms with Gasteiger partial charge in [-0.3, -0.25) is 4.79 Å². The Labute approximate surface area is 129 Å². The molecule has 0 bridgehead atoms. The smallest absolute Gasteiger partial charge is 0.270 e. The zero-order valence-corrected chi connectivity index (χ0v) is 12.5. The lowest BCUT2D eigenvalue weighted by Crippen LogP contribution is -2.30. The van der Waals surface area contributed by atoms with Crippen LogP contribution in [0.2, 0.25) is 5.15 Å². The van der Waals surface area contributed by atoms with Crippen molar-refractivity contribution in [3.05, 3.63) is 64.9 Å². The standard InChI is InChI=1S/C17H17ClN2O/c1-11-10-13(11)16(12-6-3-2-4-7-12)20-17(21)14-8-5-9-15(18)19-14/h2-9,11,13,16H,10H2,1H3,(H,20,21). The van der Waals surface area contributed by atoms with Crippen LogP contribution >= 0.6 is 11.6 Å². The first-order valence-electron chi connectivity index (χ1n) is 7.13. The second-order valence-corrected chi connectivity index (χ2v) is 5.97. The minimum absolute atomic E-state index is 0.0366. The van der Waals surface area contributed by atoms with Crippen molar-refractivity contribution in [2.45, 2.75) is 19.4 Å². The quantitative estimate of drug-likeness (QED) is 0.871. The Balaban J connectivity index is 1.81. The highest BCUT2D eigenvalue weighted by molar-refractivity contribution is 6.29. The van der Waals surface area contributed by atoms with Gasteiger partial charge in [-0.2, -0.15) is 0 Å². The number of hydrogen-bond donors (Lipinski definition) is 1. The Bertz CT molecular complexity index is 644. The van der Waals surface area contributed by atoms with Crippen molar-refractivity contribution in [3.8, 4) is 0 Å². The molecule has 2 aromatic rings. The van der Waals surface area contributed by atoms with E-state index in [4.69, 9.17) is 11.6 Å². The first-order valence-corrected chi connectivity index (χ1v) is 7.51. The first-order chi connectivity index (χ1) is 10.1. The molecule has 0 saturated heterocycles. The van der Waals surface area contributed by atoms with Gasteiger partial charge in [0.2, 0.25) is 0 Å². The van der Waals surface area contributed by atoms with Crippen molar-refractivity contribution >= 4 is 17.5 Å². The monoisotopic (exact) mass is 300 g/mol. The third-order valence-corrected chi connectivity index (χ3v) is 4.20. The number of carbonyl (C=O) groups excluding carboxylic acids is 1. The lowest BCUT2D eigenvalue weighted by molar-refractivity contribution is 0.0925. The van der Waals surface area contributed by atoms with E-state index < -0.39 is 0 Å². The lowest BCUT2D eigenvalue weighted by atomic mass is 10.0. The van der Waals surface area contributed by atoms with Crippen LogP contribution in [0.3, 0.4) is 0 Å². The first kappa shape index (κ1) is 14.1. The fourth-order valence-electron chi connectivity index (χ4n) is 2.66. The van der Waals surface area contributed by atoms with Crippen molar-refractivity contribution in [2.75, 3.05) is 0 Å². The van der Waals surface area contributed by atoms with Crippen LogP contribution < -0.4 is 5.32 Å². The van der Waals surface area contributed by atoms with Crippen LogP contribution in [0, 0.1) is 11.8 Å². The minimum Gasteiger partial charge on any atom is -0.344 e. The molecular weight excluding hydrogens is 284 g/mol. The molecule has 3 atom stereocenters. The normalized spacial score (nSPS) is 21.6. The third kappa shape index (κ3) is 3.24. The van der Waals surface area contributed by atoms with Crippen molar-refractivity contribution in [3.63, 3.8) is 0 Å². The number of pyridine rings is 1. The number of rotatable bonds is 4. The van der Waals surface area contributed by atoms with E-state index in [-0.39, 0.29) is 11.9 Å². The van der Waals surface area contributed by atoms with Crippen LogP contribution in [0.5, 0.6) is 0 Å². The number of nitrogens with zero attached hydrogens (tertiary/aromatic N) is 1. The van der Waals surface area contributed by atoms with Crippen LogP contribution in [0.4, 0.5) is 0 Å². The highest BCUT2D eigenvalue weighted by Gasteiger charge is 2.41. The summed E-state index contributed by atoms with van der Waals surface area (Å²) in [6.45, 7) is 2.21.